The van der Waals surface area contributed by atoms with Gasteiger partial charge < -0.3 is 9.88 Å². The fraction of sp³-hybridized carbons (Fsp3) is 0.0444. The molecule has 238 valence electrons. The summed E-state index contributed by atoms with van der Waals surface area (Å²) in [5.41, 5.74) is 9.32. The zero-order chi connectivity index (χ0) is 33.0. The van der Waals surface area contributed by atoms with Crippen molar-refractivity contribution in [1.29, 1.82) is 0 Å². The summed E-state index contributed by atoms with van der Waals surface area (Å²) in [6.07, 6.45) is -0.246. The number of benzene rings is 7. The Kier molecular flexibility index (Phi) is 6.86. The van der Waals surface area contributed by atoms with Crippen LogP contribution in [0.3, 0.4) is 0 Å². The molecular formula is C45H32N4S. The first-order valence-electron chi connectivity index (χ1n) is 17.0. The third kappa shape index (κ3) is 4.90. The summed E-state index contributed by atoms with van der Waals surface area (Å²) < 4.78 is 5.05. The minimum absolute atomic E-state index is 0.0763. The fourth-order valence-corrected chi connectivity index (χ4v) is 8.55. The molecule has 2 unspecified atom stereocenters. The van der Waals surface area contributed by atoms with Crippen LogP contribution < -0.4 is 10.6 Å². The molecular weight excluding hydrogens is 629 g/mol. The van der Waals surface area contributed by atoms with E-state index in [0.717, 1.165) is 22.6 Å². The second-order valence-corrected chi connectivity index (χ2v) is 14.0. The standard InChI is InChI=1S/C45H32N4S/c1-4-12-29(13-5-1)33-22-25-39-36(26-33)37-28-42-38(35-18-10-11-19-41(35)50-42)27-40(37)49(39)34-23-20-32(21-24-34)45-47-43(30-14-6-2-7-15-30)46-44(48-45)31-16-8-3-9-17-31/h1-28,43-44,46H,(H,47,48). The van der Waals surface area contributed by atoms with Crippen molar-refractivity contribution in [3.8, 4) is 16.8 Å². The normalized spacial score (nSPS) is 16.2. The second-order valence-electron chi connectivity index (χ2n) is 12.9. The molecule has 2 N–H and O–H groups in total. The minimum atomic E-state index is -0.170. The van der Waals surface area contributed by atoms with Gasteiger partial charge in [0.05, 0.1) is 11.0 Å². The van der Waals surface area contributed by atoms with E-state index in [-0.39, 0.29) is 12.3 Å². The van der Waals surface area contributed by atoms with Gasteiger partial charge in [0, 0.05) is 42.2 Å². The Labute approximate surface area is 294 Å². The number of aliphatic imine (C=N–C) groups is 1. The minimum Gasteiger partial charge on any atom is -0.350 e. The highest BCUT2D eigenvalue weighted by atomic mass is 32.1. The molecule has 0 fully saturated rings. The lowest BCUT2D eigenvalue weighted by atomic mass is 10.0. The van der Waals surface area contributed by atoms with Gasteiger partial charge in [-0.15, -0.1) is 11.3 Å². The van der Waals surface area contributed by atoms with Gasteiger partial charge in [-0.3, -0.25) is 5.32 Å². The summed E-state index contributed by atoms with van der Waals surface area (Å²) in [5, 5.41) is 12.5. The van der Waals surface area contributed by atoms with Crippen LogP contribution in [0.15, 0.2) is 175 Å². The molecule has 0 saturated heterocycles. The highest BCUT2D eigenvalue weighted by molar-refractivity contribution is 7.25. The Morgan fingerprint density at radius 1 is 0.480 bits per heavy atom. The highest BCUT2D eigenvalue weighted by Crippen LogP contribution is 2.41. The lowest BCUT2D eigenvalue weighted by Crippen LogP contribution is -2.44. The van der Waals surface area contributed by atoms with Crippen LogP contribution in [-0.2, 0) is 0 Å². The van der Waals surface area contributed by atoms with Crippen LogP contribution in [0.5, 0.6) is 0 Å². The highest BCUT2D eigenvalue weighted by Gasteiger charge is 2.25. The first kappa shape index (κ1) is 29.0. The van der Waals surface area contributed by atoms with E-state index in [9.17, 15) is 0 Å². The van der Waals surface area contributed by atoms with Gasteiger partial charge in [0.1, 0.15) is 18.2 Å². The van der Waals surface area contributed by atoms with E-state index in [2.05, 4.69) is 179 Å². The van der Waals surface area contributed by atoms with Crippen LogP contribution in [-0.4, -0.2) is 10.4 Å². The van der Waals surface area contributed by atoms with E-state index >= 15 is 0 Å². The van der Waals surface area contributed by atoms with Gasteiger partial charge in [-0.1, -0.05) is 115 Å². The van der Waals surface area contributed by atoms with Crippen molar-refractivity contribution in [1.82, 2.24) is 15.2 Å². The maximum absolute atomic E-state index is 5.17. The number of rotatable bonds is 5. The van der Waals surface area contributed by atoms with Crippen molar-refractivity contribution in [3.63, 3.8) is 0 Å². The number of hydrogen-bond donors (Lipinski definition) is 2. The first-order valence-corrected chi connectivity index (χ1v) is 17.8. The molecule has 50 heavy (non-hydrogen) atoms. The van der Waals surface area contributed by atoms with Crippen LogP contribution in [0.25, 0.3) is 58.8 Å². The Hall–Kier alpha value is -6.01. The van der Waals surface area contributed by atoms with E-state index in [4.69, 9.17) is 4.99 Å². The summed E-state index contributed by atoms with van der Waals surface area (Å²) in [6, 6.07) is 60.9. The van der Waals surface area contributed by atoms with E-state index in [1.54, 1.807) is 0 Å². The maximum Gasteiger partial charge on any atom is 0.131 e. The number of thiophene rings is 1. The third-order valence-electron chi connectivity index (χ3n) is 9.88. The smallest absolute Gasteiger partial charge is 0.131 e. The summed E-state index contributed by atoms with van der Waals surface area (Å²) in [4.78, 5) is 5.17. The van der Waals surface area contributed by atoms with Crippen molar-refractivity contribution in [2.75, 3.05) is 0 Å². The quantitative estimate of drug-likeness (QED) is 0.193. The molecule has 1 aliphatic heterocycles. The molecule has 0 amide bonds. The molecule has 0 bridgehead atoms. The van der Waals surface area contributed by atoms with Gasteiger partial charge in [0.25, 0.3) is 0 Å². The monoisotopic (exact) mass is 660 g/mol. The van der Waals surface area contributed by atoms with Crippen LogP contribution in [0.4, 0.5) is 0 Å². The molecule has 0 saturated carbocycles. The summed E-state index contributed by atoms with van der Waals surface area (Å²) >= 11 is 1.87. The van der Waals surface area contributed by atoms with Gasteiger partial charge >= 0.3 is 0 Å². The van der Waals surface area contributed by atoms with Crippen LogP contribution in [0.1, 0.15) is 29.0 Å². The Balaban J connectivity index is 1.12. The lowest BCUT2D eigenvalue weighted by Gasteiger charge is -2.32. The number of amidine groups is 1. The van der Waals surface area contributed by atoms with Gasteiger partial charge in [-0.05, 0) is 76.9 Å². The first-order chi connectivity index (χ1) is 24.8. The molecule has 0 aliphatic carbocycles. The molecule has 0 spiro atoms. The largest absolute Gasteiger partial charge is 0.350 e. The molecule has 2 aromatic heterocycles. The second kappa shape index (κ2) is 11.8. The molecule has 9 aromatic rings. The van der Waals surface area contributed by atoms with Crippen molar-refractivity contribution >= 4 is 59.2 Å². The summed E-state index contributed by atoms with van der Waals surface area (Å²) in [6.45, 7) is 0. The molecule has 0 radical (unpaired) electrons. The number of hydrogen-bond acceptors (Lipinski definition) is 4. The predicted molar refractivity (Wildman–Crippen MR) is 210 cm³/mol. The van der Waals surface area contributed by atoms with Crippen molar-refractivity contribution in [2.24, 2.45) is 4.99 Å². The van der Waals surface area contributed by atoms with E-state index < -0.39 is 0 Å². The summed E-state index contributed by atoms with van der Waals surface area (Å²) in [7, 11) is 0. The molecule has 10 rings (SSSR count). The van der Waals surface area contributed by atoms with Crippen LogP contribution in [0.2, 0.25) is 0 Å². The van der Waals surface area contributed by atoms with Gasteiger partial charge in [-0.2, -0.15) is 0 Å². The number of nitrogens with zero attached hydrogens (tertiary/aromatic N) is 2. The zero-order valence-electron chi connectivity index (χ0n) is 27.1. The van der Waals surface area contributed by atoms with Gasteiger partial charge in [0.2, 0.25) is 0 Å². The maximum atomic E-state index is 5.17. The average molecular weight is 661 g/mol. The topological polar surface area (TPSA) is 41.4 Å². The third-order valence-corrected chi connectivity index (χ3v) is 11.0. The lowest BCUT2D eigenvalue weighted by molar-refractivity contribution is 0.409. The van der Waals surface area contributed by atoms with Crippen molar-refractivity contribution in [2.45, 2.75) is 12.3 Å². The van der Waals surface area contributed by atoms with Crippen molar-refractivity contribution in [3.05, 3.63) is 187 Å². The van der Waals surface area contributed by atoms with E-state index in [0.29, 0.717) is 0 Å². The number of nitrogens with one attached hydrogen (secondary N) is 2. The average Bonchev–Trinajstić information content (AvgIpc) is 3.72. The van der Waals surface area contributed by atoms with Crippen LogP contribution >= 0.6 is 11.3 Å². The van der Waals surface area contributed by atoms with Gasteiger partial charge in [-0.25, -0.2) is 4.99 Å². The molecule has 5 heteroatoms. The molecule has 3 heterocycles. The number of aromatic nitrogens is 1. The zero-order valence-corrected chi connectivity index (χ0v) is 27.9. The van der Waals surface area contributed by atoms with E-state index in [1.165, 1.54) is 58.7 Å². The summed E-state index contributed by atoms with van der Waals surface area (Å²) in [5.74, 6) is 0.874. The fourth-order valence-electron chi connectivity index (χ4n) is 7.42. The molecule has 4 nitrogen and oxygen atoms in total. The van der Waals surface area contributed by atoms with Crippen molar-refractivity contribution < 1.29 is 0 Å². The van der Waals surface area contributed by atoms with Gasteiger partial charge in [0.15, 0.2) is 0 Å². The van der Waals surface area contributed by atoms with E-state index in [1.807, 2.05) is 17.4 Å². The number of fused-ring (bicyclic) bond motifs is 6. The molecule has 2 atom stereocenters. The Bertz CT molecular complexity index is 2690. The SMILES string of the molecule is c1ccc(-c2ccc3c(c2)c2cc4sc5ccccc5c4cc2n3-c2ccc(C3=NC(c4ccccc4)NC(c4ccccc4)N3)cc2)cc1. The molecule has 1 aliphatic rings. The Morgan fingerprint density at radius 3 is 1.92 bits per heavy atom. The Morgan fingerprint density at radius 2 is 1.14 bits per heavy atom. The van der Waals surface area contributed by atoms with Crippen LogP contribution in [0, 0.1) is 0 Å². The predicted octanol–water partition coefficient (Wildman–Crippen LogP) is 11.2. The molecule has 7 aromatic carbocycles.